The SMILES string of the molecule is CC(C)Oc1cccc(C(=O)NC(=S)Nc2ccc(NC(=O)c3cc4ccccc4o3)cc2)c1. The standard InChI is InChI=1S/C26H23N3O4S/c1-16(2)32-21-8-5-7-18(14-21)24(30)29-26(34)28-20-12-10-19(11-13-20)27-25(31)23-15-17-6-3-4-9-22(17)33-23/h3-16H,1-2H3,(H,27,31)(H2,28,29,30,34). The van der Waals surface area contributed by atoms with Gasteiger partial charge in [-0.3, -0.25) is 14.9 Å². The largest absolute Gasteiger partial charge is 0.491 e. The monoisotopic (exact) mass is 473 g/mol. The number of rotatable bonds is 6. The van der Waals surface area contributed by atoms with Gasteiger partial charge in [-0.2, -0.15) is 0 Å². The number of benzene rings is 3. The molecule has 1 aromatic heterocycles. The van der Waals surface area contributed by atoms with Crippen molar-refractivity contribution in [2.24, 2.45) is 0 Å². The van der Waals surface area contributed by atoms with E-state index in [-0.39, 0.29) is 28.8 Å². The highest BCUT2D eigenvalue weighted by Crippen LogP contribution is 2.21. The highest BCUT2D eigenvalue weighted by atomic mass is 32.1. The normalized spacial score (nSPS) is 10.7. The van der Waals surface area contributed by atoms with Crippen LogP contribution in [-0.4, -0.2) is 23.0 Å². The summed E-state index contributed by atoms with van der Waals surface area (Å²) in [6.45, 7) is 3.84. The van der Waals surface area contributed by atoms with E-state index in [0.717, 1.165) is 5.39 Å². The van der Waals surface area contributed by atoms with Crippen LogP contribution in [0.5, 0.6) is 5.75 Å². The lowest BCUT2D eigenvalue weighted by molar-refractivity contribution is 0.0974. The zero-order valence-electron chi connectivity index (χ0n) is 18.6. The second-order valence-corrected chi connectivity index (χ2v) is 8.19. The fourth-order valence-electron chi connectivity index (χ4n) is 3.24. The zero-order chi connectivity index (χ0) is 24.1. The molecule has 4 aromatic rings. The van der Waals surface area contributed by atoms with Crippen molar-refractivity contribution in [2.75, 3.05) is 10.6 Å². The van der Waals surface area contributed by atoms with Gasteiger partial charge < -0.3 is 19.8 Å². The first-order chi connectivity index (χ1) is 16.4. The topological polar surface area (TPSA) is 92.6 Å². The number of fused-ring (bicyclic) bond motifs is 1. The first kappa shape index (κ1) is 23.0. The third-order valence-electron chi connectivity index (χ3n) is 4.75. The lowest BCUT2D eigenvalue weighted by Gasteiger charge is -2.12. The highest BCUT2D eigenvalue weighted by molar-refractivity contribution is 7.80. The van der Waals surface area contributed by atoms with Gasteiger partial charge in [0.25, 0.3) is 11.8 Å². The number of para-hydroxylation sites is 1. The van der Waals surface area contributed by atoms with E-state index in [1.54, 1.807) is 54.6 Å². The minimum absolute atomic E-state index is 0.00697. The summed E-state index contributed by atoms with van der Waals surface area (Å²) in [6, 6.07) is 22.9. The van der Waals surface area contributed by atoms with Gasteiger partial charge in [0.1, 0.15) is 11.3 Å². The summed E-state index contributed by atoms with van der Waals surface area (Å²) in [5.74, 6) is 0.154. The molecule has 0 bridgehead atoms. The third-order valence-corrected chi connectivity index (χ3v) is 4.95. The number of nitrogens with one attached hydrogen (secondary N) is 3. The summed E-state index contributed by atoms with van der Waals surface area (Å²) in [4.78, 5) is 25.0. The van der Waals surface area contributed by atoms with Crippen LogP contribution >= 0.6 is 12.2 Å². The number of carbonyl (C=O) groups excluding carboxylic acids is 2. The predicted octanol–water partition coefficient (Wildman–Crippen LogP) is 5.60. The lowest BCUT2D eigenvalue weighted by atomic mass is 10.2. The Kier molecular flexibility index (Phi) is 6.89. The minimum atomic E-state index is -0.346. The Morgan fingerprint density at radius 3 is 2.26 bits per heavy atom. The van der Waals surface area contributed by atoms with Gasteiger partial charge in [-0.05, 0) is 80.7 Å². The van der Waals surface area contributed by atoms with Crippen LogP contribution in [0.4, 0.5) is 11.4 Å². The zero-order valence-corrected chi connectivity index (χ0v) is 19.4. The summed E-state index contributed by atoms with van der Waals surface area (Å²) < 4.78 is 11.2. The maximum atomic E-state index is 12.5. The molecule has 0 radical (unpaired) electrons. The van der Waals surface area contributed by atoms with Crippen molar-refractivity contribution in [3.05, 3.63) is 90.2 Å². The molecule has 0 unspecified atom stereocenters. The van der Waals surface area contributed by atoms with Crippen molar-refractivity contribution < 1.29 is 18.7 Å². The second kappa shape index (κ2) is 10.2. The predicted molar refractivity (Wildman–Crippen MR) is 137 cm³/mol. The molecule has 34 heavy (non-hydrogen) atoms. The number of amides is 2. The molecule has 4 rings (SSSR count). The summed E-state index contributed by atoms with van der Waals surface area (Å²) >= 11 is 5.26. The molecule has 3 aromatic carbocycles. The Morgan fingerprint density at radius 1 is 0.853 bits per heavy atom. The smallest absolute Gasteiger partial charge is 0.291 e. The fourth-order valence-corrected chi connectivity index (χ4v) is 3.45. The van der Waals surface area contributed by atoms with E-state index >= 15 is 0 Å². The number of carbonyl (C=O) groups is 2. The molecule has 172 valence electrons. The summed E-state index contributed by atoms with van der Waals surface area (Å²) in [5.41, 5.74) is 2.34. The summed E-state index contributed by atoms with van der Waals surface area (Å²) in [5, 5.41) is 9.42. The van der Waals surface area contributed by atoms with Crippen LogP contribution in [0.15, 0.2) is 83.3 Å². The molecule has 8 heteroatoms. The van der Waals surface area contributed by atoms with Gasteiger partial charge >= 0.3 is 0 Å². The van der Waals surface area contributed by atoms with E-state index in [1.165, 1.54) is 0 Å². The van der Waals surface area contributed by atoms with E-state index in [1.807, 2.05) is 38.1 Å². The van der Waals surface area contributed by atoms with E-state index in [0.29, 0.717) is 28.3 Å². The molecule has 0 fully saturated rings. The van der Waals surface area contributed by atoms with Crippen LogP contribution in [0.3, 0.4) is 0 Å². The van der Waals surface area contributed by atoms with Crippen LogP contribution in [-0.2, 0) is 0 Å². The number of ether oxygens (including phenoxy) is 1. The van der Waals surface area contributed by atoms with Crippen LogP contribution in [0, 0.1) is 0 Å². The van der Waals surface area contributed by atoms with Gasteiger partial charge in [0.15, 0.2) is 10.9 Å². The van der Waals surface area contributed by atoms with Crippen molar-refractivity contribution >= 4 is 51.5 Å². The maximum Gasteiger partial charge on any atom is 0.291 e. The van der Waals surface area contributed by atoms with Crippen molar-refractivity contribution in [2.45, 2.75) is 20.0 Å². The number of hydrogen-bond acceptors (Lipinski definition) is 5. The van der Waals surface area contributed by atoms with Gasteiger partial charge in [-0.15, -0.1) is 0 Å². The summed E-state index contributed by atoms with van der Waals surface area (Å²) in [6.07, 6.45) is 0.00697. The van der Waals surface area contributed by atoms with Gasteiger partial charge in [-0.25, -0.2) is 0 Å². The first-order valence-corrected chi connectivity index (χ1v) is 11.1. The number of hydrogen-bond donors (Lipinski definition) is 3. The minimum Gasteiger partial charge on any atom is -0.491 e. The van der Waals surface area contributed by atoms with Crippen LogP contribution in [0.25, 0.3) is 11.0 Å². The Morgan fingerprint density at radius 2 is 1.56 bits per heavy atom. The fraction of sp³-hybridized carbons (Fsp3) is 0.115. The Bertz CT molecular complexity index is 1310. The summed E-state index contributed by atoms with van der Waals surface area (Å²) in [7, 11) is 0. The molecule has 0 saturated carbocycles. The Labute approximate surface area is 202 Å². The van der Waals surface area contributed by atoms with E-state index < -0.39 is 0 Å². The molecule has 0 aliphatic heterocycles. The molecule has 1 heterocycles. The quantitative estimate of drug-likeness (QED) is 0.316. The number of anilines is 2. The molecule has 0 saturated heterocycles. The van der Waals surface area contributed by atoms with E-state index in [4.69, 9.17) is 21.4 Å². The van der Waals surface area contributed by atoms with E-state index in [2.05, 4.69) is 16.0 Å². The molecule has 0 atom stereocenters. The van der Waals surface area contributed by atoms with Crippen molar-refractivity contribution in [1.29, 1.82) is 0 Å². The third kappa shape index (κ3) is 5.79. The maximum absolute atomic E-state index is 12.5. The number of furan rings is 1. The van der Waals surface area contributed by atoms with Crippen molar-refractivity contribution in [3.8, 4) is 5.75 Å². The molecule has 2 amide bonds. The van der Waals surface area contributed by atoms with Gasteiger partial charge in [0.2, 0.25) is 0 Å². The van der Waals surface area contributed by atoms with Crippen molar-refractivity contribution in [1.82, 2.24) is 5.32 Å². The first-order valence-electron chi connectivity index (χ1n) is 10.7. The average molecular weight is 474 g/mol. The van der Waals surface area contributed by atoms with Crippen molar-refractivity contribution in [3.63, 3.8) is 0 Å². The molecule has 7 nitrogen and oxygen atoms in total. The number of thiocarbonyl (C=S) groups is 1. The highest BCUT2D eigenvalue weighted by Gasteiger charge is 2.13. The molecule has 0 spiro atoms. The lowest BCUT2D eigenvalue weighted by Crippen LogP contribution is -2.34. The van der Waals surface area contributed by atoms with Gasteiger partial charge in [0, 0.05) is 22.3 Å². The Balaban J connectivity index is 1.32. The average Bonchev–Trinajstić information content (AvgIpc) is 3.25. The van der Waals surface area contributed by atoms with Crippen LogP contribution in [0.2, 0.25) is 0 Å². The van der Waals surface area contributed by atoms with Crippen LogP contribution in [0.1, 0.15) is 34.8 Å². The molecule has 0 aliphatic carbocycles. The molecular formula is C26H23N3O4S. The van der Waals surface area contributed by atoms with Gasteiger partial charge in [0.05, 0.1) is 6.10 Å². The van der Waals surface area contributed by atoms with Crippen LogP contribution < -0.4 is 20.7 Å². The molecule has 0 aliphatic rings. The Hall–Kier alpha value is -4.17. The second-order valence-electron chi connectivity index (χ2n) is 7.78. The molecule has 3 N–H and O–H groups in total. The molecular weight excluding hydrogens is 450 g/mol. The van der Waals surface area contributed by atoms with E-state index in [9.17, 15) is 9.59 Å². The van der Waals surface area contributed by atoms with Gasteiger partial charge in [-0.1, -0.05) is 24.3 Å².